The van der Waals surface area contributed by atoms with Gasteiger partial charge in [0.15, 0.2) is 0 Å². The highest BCUT2D eigenvalue weighted by atomic mass is 32.1. The Kier molecular flexibility index (Phi) is 5.72. The number of anilines is 1. The van der Waals surface area contributed by atoms with Gasteiger partial charge in [0.1, 0.15) is 4.88 Å². The molecule has 2 N–H and O–H groups in total. The molecule has 1 fully saturated rings. The van der Waals surface area contributed by atoms with E-state index in [4.69, 9.17) is 0 Å². The number of methoxy groups -OCH3 is 1. The van der Waals surface area contributed by atoms with Gasteiger partial charge in [0.05, 0.1) is 19.3 Å². The third-order valence-electron chi connectivity index (χ3n) is 3.42. The number of esters is 1. The topological polar surface area (TPSA) is 70.7 Å². The number of carbonyl (C=O) groups is 2. The molecule has 1 saturated heterocycles. The minimum Gasteiger partial charge on any atom is -0.465 e. The van der Waals surface area contributed by atoms with Crippen molar-refractivity contribution in [3.63, 3.8) is 0 Å². The van der Waals surface area contributed by atoms with Crippen molar-refractivity contribution in [2.75, 3.05) is 39.1 Å². The van der Waals surface area contributed by atoms with Crippen molar-refractivity contribution < 1.29 is 14.3 Å². The van der Waals surface area contributed by atoms with Crippen molar-refractivity contribution in [2.24, 2.45) is 0 Å². The molecule has 1 aliphatic heterocycles. The Balaban J connectivity index is 1.83. The summed E-state index contributed by atoms with van der Waals surface area (Å²) < 4.78 is 4.69. The zero-order valence-corrected chi connectivity index (χ0v) is 13.2. The predicted molar refractivity (Wildman–Crippen MR) is 82.8 cm³/mol. The van der Waals surface area contributed by atoms with Gasteiger partial charge in [0.2, 0.25) is 5.91 Å². The van der Waals surface area contributed by atoms with E-state index in [-0.39, 0.29) is 5.91 Å². The average Bonchev–Trinajstić information content (AvgIpc) is 3.09. The Labute approximate surface area is 128 Å². The van der Waals surface area contributed by atoms with E-state index in [1.165, 1.54) is 24.9 Å². The molecule has 0 aromatic carbocycles. The van der Waals surface area contributed by atoms with Crippen LogP contribution in [0, 0.1) is 0 Å². The zero-order valence-electron chi connectivity index (χ0n) is 12.3. The van der Waals surface area contributed by atoms with Gasteiger partial charge in [-0.05, 0) is 37.9 Å². The minimum absolute atomic E-state index is 0.126. The van der Waals surface area contributed by atoms with Crippen LogP contribution in [0.5, 0.6) is 0 Å². The van der Waals surface area contributed by atoms with Gasteiger partial charge in [0, 0.05) is 12.6 Å². The molecule has 0 spiro atoms. The molecular weight excluding hydrogens is 290 g/mol. The Hall–Kier alpha value is -1.44. The fourth-order valence-corrected chi connectivity index (χ4v) is 3.21. The second-order valence-electron chi connectivity index (χ2n) is 5.19. The van der Waals surface area contributed by atoms with Crippen LogP contribution in [0.15, 0.2) is 11.4 Å². The fraction of sp³-hybridized carbons (Fsp3) is 0.571. The van der Waals surface area contributed by atoms with Gasteiger partial charge in [-0.3, -0.25) is 9.69 Å². The molecule has 1 aromatic rings. The monoisotopic (exact) mass is 311 g/mol. The van der Waals surface area contributed by atoms with E-state index in [0.717, 1.165) is 19.5 Å². The van der Waals surface area contributed by atoms with Crippen molar-refractivity contribution in [1.82, 2.24) is 10.2 Å². The lowest BCUT2D eigenvalue weighted by molar-refractivity contribution is -0.117. The number of amides is 1. The van der Waals surface area contributed by atoms with E-state index in [2.05, 4.69) is 15.4 Å². The lowest BCUT2D eigenvalue weighted by Gasteiger charge is -2.20. The number of nitrogens with zero attached hydrogens (tertiary/aromatic N) is 1. The molecule has 0 aliphatic carbocycles. The number of carbonyl (C=O) groups excluding carboxylic acids is 2. The van der Waals surface area contributed by atoms with Crippen molar-refractivity contribution in [3.05, 3.63) is 16.3 Å². The van der Waals surface area contributed by atoms with Crippen LogP contribution in [-0.2, 0) is 9.53 Å². The van der Waals surface area contributed by atoms with Gasteiger partial charge in [-0.25, -0.2) is 4.79 Å². The normalized spacial score (nSPS) is 18.0. The summed E-state index contributed by atoms with van der Waals surface area (Å²) in [7, 11) is 3.25. The van der Waals surface area contributed by atoms with E-state index in [1.807, 2.05) is 11.9 Å². The van der Waals surface area contributed by atoms with Gasteiger partial charge in [0.25, 0.3) is 0 Å². The van der Waals surface area contributed by atoms with Gasteiger partial charge in [-0.15, -0.1) is 11.3 Å². The van der Waals surface area contributed by atoms with E-state index >= 15 is 0 Å². The number of likely N-dealkylation sites (N-methyl/N-ethyl adjacent to an activating group) is 1. The maximum atomic E-state index is 12.0. The highest BCUT2D eigenvalue weighted by Gasteiger charge is 2.19. The molecule has 1 aliphatic rings. The molecule has 1 atom stereocenters. The summed E-state index contributed by atoms with van der Waals surface area (Å²) in [4.78, 5) is 26.0. The zero-order chi connectivity index (χ0) is 15.2. The first-order valence-corrected chi connectivity index (χ1v) is 7.85. The molecule has 1 aromatic heterocycles. The molecule has 6 nitrogen and oxygen atoms in total. The summed E-state index contributed by atoms with van der Waals surface area (Å²) in [5, 5.41) is 7.93. The quantitative estimate of drug-likeness (QED) is 0.772. The van der Waals surface area contributed by atoms with Crippen molar-refractivity contribution in [1.29, 1.82) is 0 Å². The number of rotatable bonds is 6. The summed E-state index contributed by atoms with van der Waals surface area (Å²) in [6.45, 7) is 2.21. The summed E-state index contributed by atoms with van der Waals surface area (Å²) in [6.07, 6.45) is 2.35. The molecule has 21 heavy (non-hydrogen) atoms. The standard InChI is InChI=1S/C14H21N3O3S/c1-17(8-10-4-3-6-15-10)9-12(18)16-11-5-7-21-13(11)14(19)20-2/h5,7,10,15H,3-4,6,8-9H2,1-2H3,(H,16,18). The minimum atomic E-state index is -0.427. The summed E-state index contributed by atoms with van der Waals surface area (Å²) in [5.41, 5.74) is 0.518. The Morgan fingerprint density at radius 2 is 2.38 bits per heavy atom. The molecule has 0 bridgehead atoms. The number of nitrogens with one attached hydrogen (secondary N) is 2. The van der Waals surface area contributed by atoms with Gasteiger partial charge >= 0.3 is 5.97 Å². The maximum Gasteiger partial charge on any atom is 0.350 e. The fourth-order valence-electron chi connectivity index (χ4n) is 2.45. The largest absolute Gasteiger partial charge is 0.465 e. The lowest BCUT2D eigenvalue weighted by atomic mass is 10.2. The van der Waals surface area contributed by atoms with E-state index < -0.39 is 5.97 Å². The number of hydrogen-bond donors (Lipinski definition) is 2. The molecule has 0 radical (unpaired) electrons. The van der Waals surface area contributed by atoms with E-state index in [0.29, 0.717) is 23.2 Å². The molecular formula is C14H21N3O3S. The first-order chi connectivity index (χ1) is 10.1. The van der Waals surface area contributed by atoms with Crippen LogP contribution >= 0.6 is 11.3 Å². The third kappa shape index (κ3) is 4.52. The molecule has 116 valence electrons. The molecule has 2 heterocycles. The number of thiophene rings is 1. The third-order valence-corrected chi connectivity index (χ3v) is 4.31. The van der Waals surface area contributed by atoms with Crippen LogP contribution in [0.1, 0.15) is 22.5 Å². The smallest absolute Gasteiger partial charge is 0.350 e. The Bertz CT molecular complexity index is 497. The van der Waals surface area contributed by atoms with Gasteiger partial charge in [-0.2, -0.15) is 0 Å². The second-order valence-corrected chi connectivity index (χ2v) is 6.11. The van der Waals surface area contributed by atoms with Crippen LogP contribution in [-0.4, -0.2) is 56.6 Å². The maximum absolute atomic E-state index is 12.0. The second kappa shape index (κ2) is 7.53. The van der Waals surface area contributed by atoms with Gasteiger partial charge < -0.3 is 15.4 Å². The summed E-state index contributed by atoms with van der Waals surface area (Å²) in [5.74, 6) is -0.553. The van der Waals surface area contributed by atoms with E-state index in [1.54, 1.807) is 11.4 Å². The van der Waals surface area contributed by atoms with E-state index in [9.17, 15) is 9.59 Å². The van der Waals surface area contributed by atoms with Crippen molar-refractivity contribution in [3.8, 4) is 0 Å². The molecule has 0 saturated carbocycles. The predicted octanol–water partition coefficient (Wildman–Crippen LogP) is 1.16. The summed E-state index contributed by atoms with van der Waals surface area (Å²) >= 11 is 1.26. The molecule has 2 rings (SSSR count). The average molecular weight is 311 g/mol. The highest BCUT2D eigenvalue weighted by Crippen LogP contribution is 2.23. The lowest BCUT2D eigenvalue weighted by Crippen LogP contribution is -2.39. The van der Waals surface area contributed by atoms with Crippen LogP contribution < -0.4 is 10.6 Å². The van der Waals surface area contributed by atoms with Crippen LogP contribution in [0.3, 0.4) is 0 Å². The van der Waals surface area contributed by atoms with Crippen LogP contribution in [0.4, 0.5) is 5.69 Å². The van der Waals surface area contributed by atoms with Crippen molar-refractivity contribution in [2.45, 2.75) is 18.9 Å². The molecule has 7 heteroatoms. The Morgan fingerprint density at radius 3 is 3.05 bits per heavy atom. The Morgan fingerprint density at radius 1 is 1.57 bits per heavy atom. The van der Waals surface area contributed by atoms with Gasteiger partial charge in [-0.1, -0.05) is 0 Å². The number of hydrogen-bond acceptors (Lipinski definition) is 6. The molecule has 1 unspecified atom stereocenters. The van der Waals surface area contributed by atoms with Crippen LogP contribution in [0.25, 0.3) is 0 Å². The first-order valence-electron chi connectivity index (χ1n) is 6.97. The first kappa shape index (κ1) is 15.9. The van der Waals surface area contributed by atoms with Crippen molar-refractivity contribution >= 4 is 28.9 Å². The molecule has 1 amide bonds. The SMILES string of the molecule is COC(=O)c1sccc1NC(=O)CN(C)CC1CCCN1. The summed E-state index contributed by atoms with van der Waals surface area (Å²) in [6, 6.07) is 2.18. The number of ether oxygens (including phenoxy) is 1. The van der Waals surface area contributed by atoms with Crippen LogP contribution in [0.2, 0.25) is 0 Å². The highest BCUT2D eigenvalue weighted by molar-refractivity contribution is 7.12.